The molecule has 0 unspecified atom stereocenters. The maximum absolute atomic E-state index is 12.2. The number of aromatic nitrogens is 3. The third-order valence-electron chi connectivity index (χ3n) is 5.06. The fourth-order valence-electron chi connectivity index (χ4n) is 3.60. The number of carbonyl (C=O) groups excluding carboxylic acids is 1. The van der Waals surface area contributed by atoms with E-state index in [-0.39, 0.29) is 17.6 Å². The van der Waals surface area contributed by atoms with Gasteiger partial charge >= 0.3 is 6.09 Å². The number of ether oxygens (including phenoxy) is 1. The number of hydrogen-bond acceptors (Lipinski definition) is 4. The summed E-state index contributed by atoms with van der Waals surface area (Å²) in [5.74, 6) is 0.755. The van der Waals surface area contributed by atoms with E-state index in [1.54, 1.807) is 11.0 Å². The molecule has 1 aliphatic carbocycles. The highest BCUT2D eigenvalue weighted by Gasteiger charge is 2.30. The predicted molar refractivity (Wildman–Crippen MR) is 97.6 cm³/mol. The molecule has 1 aliphatic heterocycles. The average molecular weight is 358 g/mol. The summed E-state index contributed by atoms with van der Waals surface area (Å²) in [7, 11) is 0. The third kappa shape index (κ3) is 3.48. The van der Waals surface area contributed by atoms with Crippen molar-refractivity contribution < 1.29 is 9.53 Å². The van der Waals surface area contributed by atoms with Gasteiger partial charge < -0.3 is 14.6 Å². The average Bonchev–Trinajstić information content (AvgIpc) is 3.33. The van der Waals surface area contributed by atoms with Gasteiger partial charge in [0.1, 0.15) is 11.2 Å². The highest BCUT2D eigenvalue weighted by molar-refractivity contribution is 5.68. The number of nitrogens with zero attached hydrogens (tertiary/aromatic N) is 3. The van der Waals surface area contributed by atoms with Crippen LogP contribution in [0, 0.1) is 0 Å². The van der Waals surface area contributed by atoms with Gasteiger partial charge in [0.15, 0.2) is 0 Å². The Morgan fingerprint density at radius 2 is 1.85 bits per heavy atom. The number of carbonyl (C=O) groups is 1. The number of aromatic amines is 1. The van der Waals surface area contributed by atoms with E-state index in [1.165, 1.54) is 12.8 Å². The zero-order valence-electron chi connectivity index (χ0n) is 15.6. The maximum Gasteiger partial charge on any atom is 0.410 e. The van der Waals surface area contributed by atoms with E-state index in [2.05, 4.69) is 4.98 Å². The molecule has 0 aromatic carbocycles. The Labute approximate surface area is 152 Å². The molecule has 2 aromatic heterocycles. The Kier molecular flexibility index (Phi) is 4.04. The maximum atomic E-state index is 12.2. The summed E-state index contributed by atoms with van der Waals surface area (Å²) in [5, 5.41) is 4.73. The van der Waals surface area contributed by atoms with Gasteiger partial charge in [-0.15, -0.1) is 0 Å². The normalized spacial score (nSPS) is 19.1. The predicted octanol–water partition coefficient (Wildman–Crippen LogP) is 3.01. The summed E-state index contributed by atoms with van der Waals surface area (Å²) in [4.78, 5) is 29.0. The Morgan fingerprint density at radius 1 is 1.15 bits per heavy atom. The first-order valence-corrected chi connectivity index (χ1v) is 9.41. The van der Waals surface area contributed by atoms with Crippen molar-refractivity contribution >= 4 is 11.7 Å². The van der Waals surface area contributed by atoms with E-state index >= 15 is 0 Å². The number of likely N-dealkylation sites (tertiary alicyclic amines) is 1. The largest absolute Gasteiger partial charge is 0.444 e. The molecule has 140 valence electrons. The minimum atomic E-state index is -0.485. The highest BCUT2D eigenvalue weighted by atomic mass is 16.6. The smallest absolute Gasteiger partial charge is 0.410 e. The number of H-pyrrole nitrogens is 1. The van der Waals surface area contributed by atoms with Crippen molar-refractivity contribution in [1.29, 1.82) is 0 Å². The standard InChI is InChI=1S/C19H26N4O3/c1-19(2,3)26-18(25)22-8-6-13(7-9-22)15-11-17(24)20-16-10-14(12-4-5-12)21-23(15)16/h10-13H,4-9H2,1-3H3,(H,20,24). The molecule has 2 fully saturated rings. The zero-order valence-corrected chi connectivity index (χ0v) is 15.6. The van der Waals surface area contributed by atoms with Crippen LogP contribution in [0.4, 0.5) is 4.79 Å². The molecule has 26 heavy (non-hydrogen) atoms. The minimum absolute atomic E-state index is 0.0932. The second-order valence-corrected chi connectivity index (χ2v) is 8.44. The molecule has 2 aromatic rings. The third-order valence-corrected chi connectivity index (χ3v) is 5.06. The van der Waals surface area contributed by atoms with Crippen LogP contribution in [0.3, 0.4) is 0 Å². The molecular formula is C19H26N4O3. The van der Waals surface area contributed by atoms with Gasteiger partial charge in [-0.05, 0) is 46.5 Å². The number of amides is 1. The lowest BCUT2D eigenvalue weighted by molar-refractivity contribution is 0.0203. The number of nitrogens with one attached hydrogen (secondary N) is 1. The first-order valence-electron chi connectivity index (χ1n) is 9.41. The summed E-state index contributed by atoms with van der Waals surface area (Å²) in [6, 6.07) is 3.66. The van der Waals surface area contributed by atoms with Crippen molar-refractivity contribution in [3.05, 3.63) is 33.9 Å². The molecule has 0 bridgehead atoms. The van der Waals surface area contributed by atoms with Gasteiger partial charge in [0, 0.05) is 37.1 Å². The van der Waals surface area contributed by atoms with Gasteiger partial charge in [-0.1, -0.05) is 0 Å². The first-order chi connectivity index (χ1) is 12.3. The van der Waals surface area contributed by atoms with Crippen LogP contribution in [0.5, 0.6) is 0 Å². The quantitative estimate of drug-likeness (QED) is 0.895. The van der Waals surface area contributed by atoms with Crippen molar-refractivity contribution in [1.82, 2.24) is 19.5 Å². The van der Waals surface area contributed by atoms with Gasteiger partial charge in [-0.2, -0.15) is 5.10 Å². The van der Waals surface area contributed by atoms with Gasteiger partial charge in [0.25, 0.3) is 5.56 Å². The molecule has 0 atom stereocenters. The highest BCUT2D eigenvalue weighted by Crippen LogP contribution is 2.39. The summed E-state index contributed by atoms with van der Waals surface area (Å²) >= 11 is 0. The van der Waals surface area contributed by atoms with Crippen molar-refractivity contribution in [2.24, 2.45) is 0 Å². The van der Waals surface area contributed by atoms with E-state index < -0.39 is 5.60 Å². The molecule has 7 heteroatoms. The Hall–Kier alpha value is -2.31. The van der Waals surface area contributed by atoms with E-state index in [1.807, 2.05) is 31.4 Å². The van der Waals surface area contributed by atoms with Gasteiger partial charge in [0.2, 0.25) is 0 Å². The summed E-state index contributed by atoms with van der Waals surface area (Å²) in [6.45, 7) is 6.88. The SMILES string of the molecule is CC(C)(C)OC(=O)N1CCC(c2cc(=O)[nH]c3cc(C4CC4)nn23)CC1. The lowest BCUT2D eigenvalue weighted by Gasteiger charge is -2.33. The van der Waals surface area contributed by atoms with Crippen molar-refractivity contribution in [3.63, 3.8) is 0 Å². The van der Waals surface area contributed by atoms with Gasteiger partial charge in [-0.25, -0.2) is 9.31 Å². The molecule has 4 rings (SSSR count). The summed E-state index contributed by atoms with van der Waals surface area (Å²) in [5.41, 5.74) is 2.20. The Bertz CT molecular complexity index is 880. The molecule has 3 heterocycles. The number of piperidine rings is 1. The molecule has 1 amide bonds. The van der Waals surface area contributed by atoms with Crippen LogP contribution in [0.1, 0.15) is 69.7 Å². The second-order valence-electron chi connectivity index (χ2n) is 8.44. The van der Waals surface area contributed by atoms with Crippen LogP contribution >= 0.6 is 0 Å². The van der Waals surface area contributed by atoms with Crippen LogP contribution in [0.15, 0.2) is 16.9 Å². The molecule has 1 N–H and O–H groups in total. The molecule has 2 aliphatic rings. The van der Waals surface area contributed by atoms with Gasteiger partial charge in [-0.3, -0.25) is 4.79 Å². The van der Waals surface area contributed by atoms with E-state index in [0.29, 0.717) is 19.0 Å². The number of fused-ring (bicyclic) bond motifs is 1. The molecule has 1 saturated heterocycles. The molecular weight excluding hydrogens is 332 g/mol. The van der Waals surface area contributed by atoms with E-state index in [4.69, 9.17) is 9.84 Å². The molecule has 7 nitrogen and oxygen atoms in total. The van der Waals surface area contributed by atoms with Gasteiger partial charge in [0.05, 0.1) is 11.4 Å². The monoisotopic (exact) mass is 358 g/mol. The molecule has 0 radical (unpaired) electrons. The van der Waals surface area contributed by atoms with Crippen LogP contribution < -0.4 is 5.56 Å². The lowest BCUT2D eigenvalue weighted by Crippen LogP contribution is -2.41. The minimum Gasteiger partial charge on any atom is -0.444 e. The van der Waals surface area contributed by atoms with Crippen molar-refractivity contribution in [3.8, 4) is 0 Å². The van der Waals surface area contributed by atoms with Crippen LogP contribution in [-0.4, -0.2) is 44.3 Å². The Morgan fingerprint density at radius 3 is 2.46 bits per heavy atom. The summed E-state index contributed by atoms with van der Waals surface area (Å²) in [6.07, 6.45) is 3.70. The Balaban J connectivity index is 1.52. The van der Waals surface area contributed by atoms with Crippen molar-refractivity contribution in [2.75, 3.05) is 13.1 Å². The van der Waals surface area contributed by atoms with E-state index in [9.17, 15) is 9.59 Å². The van der Waals surface area contributed by atoms with Crippen LogP contribution in [0.2, 0.25) is 0 Å². The number of rotatable bonds is 2. The van der Waals surface area contributed by atoms with Crippen LogP contribution in [0.25, 0.3) is 5.65 Å². The van der Waals surface area contributed by atoms with Crippen LogP contribution in [-0.2, 0) is 4.74 Å². The second kappa shape index (κ2) is 6.14. The summed E-state index contributed by atoms with van der Waals surface area (Å²) < 4.78 is 7.35. The molecule has 0 spiro atoms. The lowest BCUT2D eigenvalue weighted by atomic mass is 9.93. The zero-order chi connectivity index (χ0) is 18.5. The van der Waals surface area contributed by atoms with Crippen molar-refractivity contribution in [2.45, 2.75) is 63.9 Å². The van der Waals surface area contributed by atoms with E-state index in [0.717, 1.165) is 29.9 Å². The fraction of sp³-hybridized carbons (Fsp3) is 0.632. The first kappa shape index (κ1) is 17.1. The number of hydrogen-bond donors (Lipinski definition) is 1. The topological polar surface area (TPSA) is 79.7 Å². The molecule has 1 saturated carbocycles. The fourth-order valence-corrected chi connectivity index (χ4v) is 3.60.